The van der Waals surface area contributed by atoms with Crippen molar-refractivity contribution in [2.24, 2.45) is 5.10 Å². The van der Waals surface area contributed by atoms with Gasteiger partial charge in [0.05, 0.1) is 18.7 Å². The quantitative estimate of drug-likeness (QED) is 0.591. The molecule has 1 aliphatic heterocycles. The van der Waals surface area contributed by atoms with Crippen molar-refractivity contribution in [3.05, 3.63) is 64.7 Å². The molecule has 0 saturated carbocycles. The van der Waals surface area contributed by atoms with Gasteiger partial charge < -0.3 is 4.74 Å². The second kappa shape index (κ2) is 8.15. The number of esters is 1. The van der Waals surface area contributed by atoms with Gasteiger partial charge in [-0.15, -0.1) is 0 Å². The van der Waals surface area contributed by atoms with Gasteiger partial charge in [-0.2, -0.15) is 5.10 Å². The highest BCUT2D eigenvalue weighted by Gasteiger charge is 2.22. The lowest BCUT2D eigenvalue weighted by Crippen LogP contribution is -2.24. The zero-order valence-corrected chi connectivity index (χ0v) is 15.2. The zero-order valence-electron chi connectivity index (χ0n) is 14.4. The number of benzene rings is 2. The van der Waals surface area contributed by atoms with E-state index in [9.17, 15) is 9.59 Å². The Morgan fingerprint density at radius 2 is 1.92 bits per heavy atom. The number of hydrazone groups is 1. The van der Waals surface area contributed by atoms with Gasteiger partial charge in [0.25, 0.3) is 0 Å². The maximum absolute atomic E-state index is 12.3. The summed E-state index contributed by atoms with van der Waals surface area (Å²) in [5.41, 5.74) is 2.67. The van der Waals surface area contributed by atoms with Crippen LogP contribution in [-0.4, -0.2) is 29.1 Å². The van der Waals surface area contributed by atoms with Gasteiger partial charge in [0, 0.05) is 17.9 Å². The number of halogens is 1. The van der Waals surface area contributed by atoms with Crippen LogP contribution in [0.25, 0.3) is 0 Å². The van der Waals surface area contributed by atoms with Gasteiger partial charge in [-0.3, -0.25) is 9.59 Å². The first kappa shape index (κ1) is 18.1. The van der Waals surface area contributed by atoms with Crippen molar-refractivity contribution in [2.75, 3.05) is 6.54 Å². The molecule has 6 heteroatoms. The van der Waals surface area contributed by atoms with Gasteiger partial charge in [-0.1, -0.05) is 41.9 Å². The summed E-state index contributed by atoms with van der Waals surface area (Å²) >= 11 is 5.88. The molecule has 0 spiro atoms. The first-order valence-electron chi connectivity index (χ1n) is 8.43. The van der Waals surface area contributed by atoms with E-state index in [2.05, 4.69) is 5.10 Å². The van der Waals surface area contributed by atoms with Crippen molar-refractivity contribution in [2.45, 2.75) is 26.2 Å². The summed E-state index contributed by atoms with van der Waals surface area (Å²) < 4.78 is 5.30. The Hall–Kier alpha value is -2.66. The van der Waals surface area contributed by atoms with Crippen molar-refractivity contribution in [1.82, 2.24) is 5.01 Å². The molecule has 3 rings (SSSR count). The molecular formula is C20H19ClN2O3. The van der Waals surface area contributed by atoms with Gasteiger partial charge in [0.15, 0.2) is 0 Å². The average Bonchev–Trinajstić information content (AvgIpc) is 3.13. The van der Waals surface area contributed by atoms with Crippen molar-refractivity contribution >= 4 is 29.2 Å². The van der Waals surface area contributed by atoms with Crippen LogP contribution in [0, 0.1) is 6.92 Å². The molecule has 0 aromatic heterocycles. The molecule has 5 nitrogen and oxygen atoms in total. The Bertz CT molecular complexity index is 849. The van der Waals surface area contributed by atoms with Crippen LogP contribution in [0.1, 0.15) is 30.4 Å². The van der Waals surface area contributed by atoms with Crippen molar-refractivity contribution in [1.29, 1.82) is 0 Å². The summed E-state index contributed by atoms with van der Waals surface area (Å²) in [6, 6.07) is 14.8. The minimum Gasteiger partial charge on any atom is -0.426 e. The molecule has 0 saturated heterocycles. The number of hydrogen-bond acceptors (Lipinski definition) is 4. The number of hydrogen-bond donors (Lipinski definition) is 0. The van der Waals surface area contributed by atoms with E-state index < -0.39 is 5.97 Å². The third-order valence-electron chi connectivity index (χ3n) is 4.10. The maximum Gasteiger partial charge on any atom is 0.311 e. The minimum atomic E-state index is -0.449. The summed E-state index contributed by atoms with van der Waals surface area (Å²) in [5, 5.41) is 6.39. The van der Waals surface area contributed by atoms with Crippen LogP contribution in [-0.2, 0) is 9.59 Å². The molecule has 2 aromatic carbocycles. The van der Waals surface area contributed by atoms with Gasteiger partial charge in [0.1, 0.15) is 5.75 Å². The molecule has 0 bridgehead atoms. The fourth-order valence-electron chi connectivity index (χ4n) is 2.71. The number of ether oxygens (including phenoxy) is 1. The van der Waals surface area contributed by atoms with Gasteiger partial charge in [0.2, 0.25) is 5.91 Å². The molecule has 26 heavy (non-hydrogen) atoms. The monoisotopic (exact) mass is 370 g/mol. The predicted octanol–water partition coefficient (Wildman–Crippen LogP) is 3.97. The molecule has 0 fully saturated rings. The molecular weight excluding hydrogens is 352 g/mol. The Kier molecular flexibility index (Phi) is 5.68. The SMILES string of the molecule is Cc1cc(Cl)ccc1OC(=O)CCC(=O)N1CCC(c2ccccc2)=N1. The molecule has 1 aliphatic rings. The third-order valence-corrected chi connectivity index (χ3v) is 4.34. The summed E-state index contributed by atoms with van der Waals surface area (Å²) in [7, 11) is 0. The van der Waals surface area contributed by atoms with Crippen molar-refractivity contribution in [3.63, 3.8) is 0 Å². The number of carbonyl (C=O) groups is 2. The van der Waals surface area contributed by atoms with E-state index in [0.29, 0.717) is 23.7 Å². The van der Waals surface area contributed by atoms with Crippen LogP contribution >= 0.6 is 11.6 Å². The Balaban J connectivity index is 1.52. The maximum atomic E-state index is 12.3. The van der Waals surface area contributed by atoms with Crippen LogP contribution < -0.4 is 4.74 Å². The van der Waals surface area contributed by atoms with Crippen LogP contribution in [0.5, 0.6) is 5.75 Å². The number of amides is 1. The molecule has 1 amide bonds. The third kappa shape index (κ3) is 4.49. The van der Waals surface area contributed by atoms with E-state index in [0.717, 1.165) is 16.8 Å². The molecule has 1 heterocycles. The normalized spacial score (nSPS) is 13.5. The first-order chi connectivity index (χ1) is 12.5. The summed E-state index contributed by atoms with van der Waals surface area (Å²) in [6.45, 7) is 2.35. The Morgan fingerprint density at radius 1 is 1.15 bits per heavy atom. The molecule has 0 radical (unpaired) electrons. The summed E-state index contributed by atoms with van der Waals surface area (Å²) in [4.78, 5) is 24.3. The minimum absolute atomic E-state index is 0.00753. The number of aryl methyl sites for hydroxylation is 1. The van der Waals surface area contributed by atoms with Crippen LogP contribution in [0.2, 0.25) is 5.02 Å². The van der Waals surface area contributed by atoms with Gasteiger partial charge in [-0.25, -0.2) is 5.01 Å². The average molecular weight is 371 g/mol. The van der Waals surface area contributed by atoms with Crippen LogP contribution in [0.4, 0.5) is 0 Å². The largest absolute Gasteiger partial charge is 0.426 e. The summed E-state index contributed by atoms with van der Waals surface area (Å²) in [6.07, 6.45) is 0.787. The van der Waals surface area contributed by atoms with Gasteiger partial charge in [-0.05, 0) is 36.2 Å². The number of rotatable bonds is 5. The van der Waals surface area contributed by atoms with Crippen molar-refractivity contribution < 1.29 is 14.3 Å². The lowest BCUT2D eigenvalue weighted by Gasteiger charge is -2.11. The molecule has 0 atom stereocenters. The van der Waals surface area contributed by atoms with E-state index in [-0.39, 0.29) is 18.7 Å². The van der Waals surface area contributed by atoms with Crippen molar-refractivity contribution in [3.8, 4) is 5.75 Å². The van der Waals surface area contributed by atoms with E-state index >= 15 is 0 Å². The second-order valence-corrected chi connectivity index (χ2v) is 6.50. The standard InChI is InChI=1S/C20H19ClN2O3/c1-14-13-16(21)7-8-18(14)26-20(25)10-9-19(24)23-12-11-17(22-23)15-5-3-2-4-6-15/h2-8,13H,9-12H2,1H3. The number of nitrogens with zero attached hydrogens (tertiary/aromatic N) is 2. The van der Waals surface area contributed by atoms with E-state index in [1.807, 2.05) is 37.3 Å². The van der Waals surface area contributed by atoms with E-state index in [1.165, 1.54) is 5.01 Å². The predicted molar refractivity (Wildman–Crippen MR) is 100 cm³/mol. The zero-order chi connectivity index (χ0) is 18.5. The van der Waals surface area contributed by atoms with E-state index in [1.54, 1.807) is 18.2 Å². The molecule has 134 valence electrons. The Labute approximate surface area is 157 Å². The second-order valence-electron chi connectivity index (χ2n) is 6.06. The van der Waals surface area contributed by atoms with Gasteiger partial charge >= 0.3 is 5.97 Å². The van der Waals surface area contributed by atoms with E-state index in [4.69, 9.17) is 16.3 Å². The fraction of sp³-hybridized carbons (Fsp3) is 0.250. The first-order valence-corrected chi connectivity index (χ1v) is 8.81. The smallest absolute Gasteiger partial charge is 0.311 e. The molecule has 2 aromatic rings. The lowest BCUT2D eigenvalue weighted by molar-refractivity contribution is -0.138. The fourth-order valence-corrected chi connectivity index (χ4v) is 2.94. The number of carbonyl (C=O) groups excluding carboxylic acids is 2. The topological polar surface area (TPSA) is 59.0 Å². The molecule has 0 N–H and O–H groups in total. The summed E-state index contributed by atoms with van der Waals surface area (Å²) in [5.74, 6) is -0.173. The van der Waals surface area contributed by atoms with Crippen LogP contribution in [0.15, 0.2) is 53.6 Å². The highest BCUT2D eigenvalue weighted by molar-refractivity contribution is 6.30. The molecule has 0 aliphatic carbocycles. The van der Waals surface area contributed by atoms with Crippen LogP contribution in [0.3, 0.4) is 0 Å². The molecule has 0 unspecified atom stereocenters. The highest BCUT2D eigenvalue weighted by atomic mass is 35.5. The highest BCUT2D eigenvalue weighted by Crippen LogP contribution is 2.22. The Morgan fingerprint density at radius 3 is 2.65 bits per heavy atom. The lowest BCUT2D eigenvalue weighted by atomic mass is 10.1.